The predicted octanol–water partition coefficient (Wildman–Crippen LogP) is 1.62. The summed E-state index contributed by atoms with van der Waals surface area (Å²) in [5.74, 6) is 0. The van der Waals surface area contributed by atoms with Gasteiger partial charge in [0.05, 0.1) is 6.54 Å². The Hall–Kier alpha value is -0.290. The van der Waals surface area contributed by atoms with Gasteiger partial charge in [-0.25, -0.2) is 0 Å². The number of hydrogen-bond acceptors (Lipinski definition) is 2. The van der Waals surface area contributed by atoms with Crippen molar-refractivity contribution in [3.8, 4) is 0 Å². The first-order valence-electron chi connectivity index (χ1n) is 5.04. The van der Waals surface area contributed by atoms with Gasteiger partial charge in [-0.3, -0.25) is 4.90 Å². The molecule has 1 N–H and O–H groups in total. The molecule has 1 saturated heterocycles. The van der Waals surface area contributed by atoms with Crippen LogP contribution in [0.4, 0.5) is 13.2 Å². The van der Waals surface area contributed by atoms with Crippen LogP contribution in [0.25, 0.3) is 0 Å². The monoisotopic (exact) mass is 210 g/mol. The van der Waals surface area contributed by atoms with Crippen LogP contribution < -0.4 is 5.32 Å². The fraction of sp³-hybridized carbons (Fsp3) is 1.00. The quantitative estimate of drug-likeness (QED) is 0.758. The van der Waals surface area contributed by atoms with E-state index in [9.17, 15) is 13.2 Å². The molecule has 0 saturated carbocycles. The van der Waals surface area contributed by atoms with Crippen LogP contribution in [0.1, 0.15) is 19.8 Å². The maximum absolute atomic E-state index is 12.1. The van der Waals surface area contributed by atoms with Crippen molar-refractivity contribution in [1.82, 2.24) is 10.2 Å². The maximum atomic E-state index is 12.1. The van der Waals surface area contributed by atoms with Gasteiger partial charge in [0.2, 0.25) is 0 Å². The van der Waals surface area contributed by atoms with Gasteiger partial charge in [-0.05, 0) is 25.9 Å². The fourth-order valence-electron chi connectivity index (χ4n) is 1.78. The molecule has 0 bridgehead atoms. The van der Waals surface area contributed by atoms with Gasteiger partial charge in [-0.15, -0.1) is 0 Å². The minimum Gasteiger partial charge on any atom is -0.313 e. The summed E-state index contributed by atoms with van der Waals surface area (Å²) < 4.78 is 36.3. The molecule has 14 heavy (non-hydrogen) atoms. The predicted molar refractivity (Wildman–Crippen MR) is 49.2 cm³/mol. The Kier molecular flexibility index (Phi) is 4.19. The molecule has 1 aliphatic rings. The minimum atomic E-state index is -4.07. The first-order valence-corrected chi connectivity index (χ1v) is 5.04. The highest BCUT2D eigenvalue weighted by Gasteiger charge is 2.31. The molecule has 0 aromatic heterocycles. The summed E-state index contributed by atoms with van der Waals surface area (Å²) in [7, 11) is 0. The van der Waals surface area contributed by atoms with Crippen molar-refractivity contribution in [2.45, 2.75) is 32.0 Å². The van der Waals surface area contributed by atoms with Crippen molar-refractivity contribution < 1.29 is 13.2 Å². The molecule has 0 amide bonds. The molecule has 5 heteroatoms. The standard InChI is InChI=1S/C9H17F3N2/c1-2-14(7-9(10,11)12)6-8-4-3-5-13-8/h8,13H,2-7H2,1H3. The van der Waals surface area contributed by atoms with Gasteiger partial charge in [-0.1, -0.05) is 6.92 Å². The average molecular weight is 210 g/mol. The van der Waals surface area contributed by atoms with E-state index in [-0.39, 0.29) is 6.04 Å². The van der Waals surface area contributed by atoms with E-state index in [0.29, 0.717) is 13.1 Å². The zero-order valence-corrected chi connectivity index (χ0v) is 8.40. The van der Waals surface area contributed by atoms with Gasteiger partial charge in [0.15, 0.2) is 0 Å². The van der Waals surface area contributed by atoms with E-state index in [1.807, 2.05) is 0 Å². The molecule has 84 valence electrons. The SMILES string of the molecule is CCN(CC1CCCN1)CC(F)(F)F. The highest BCUT2D eigenvalue weighted by molar-refractivity contribution is 4.78. The third-order valence-corrected chi connectivity index (χ3v) is 2.49. The van der Waals surface area contributed by atoms with Crippen molar-refractivity contribution in [1.29, 1.82) is 0 Å². The van der Waals surface area contributed by atoms with Crippen LogP contribution in [0.2, 0.25) is 0 Å². The van der Waals surface area contributed by atoms with Gasteiger partial charge in [0, 0.05) is 12.6 Å². The molecule has 1 aliphatic heterocycles. The van der Waals surface area contributed by atoms with Gasteiger partial charge in [0.25, 0.3) is 0 Å². The van der Waals surface area contributed by atoms with E-state index in [1.54, 1.807) is 6.92 Å². The summed E-state index contributed by atoms with van der Waals surface area (Å²) in [6.07, 6.45) is -2.00. The number of likely N-dealkylation sites (N-methyl/N-ethyl adjacent to an activating group) is 1. The van der Waals surface area contributed by atoms with E-state index in [4.69, 9.17) is 0 Å². The molecule has 1 heterocycles. The van der Waals surface area contributed by atoms with Gasteiger partial charge in [0.1, 0.15) is 0 Å². The van der Waals surface area contributed by atoms with Crippen molar-refractivity contribution in [2.24, 2.45) is 0 Å². The molecule has 0 aromatic rings. The van der Waals surface area contributed by atoms with Crippen LogP contribution in [-0.2, 0) is 0 Å². The second-order valence-electron chi connectivity index (χ2n) is 3.74. The third kappa shape index (κ3) is 4.28. The van der Waals surface area contributed by atoms with Crippen molar-refractivity contribution in [3.05, 3.63) is 0 Å². The highest BCUT2D eigenvalue weighted by atomic mass is 19.4. The van der Waals surface area contributed by atoms with Gasteiger partial charge in [-0.2, -0.15) is 13.2 Å². The Bertz CT molecular complexity index is 164. The summed E-state index contributed by atoms with van der Waals surface area (Å²) >= 11 is 0. The number of nitrogens with one attached hydrogen (secondary N) is 1. The second-order valence-corrected chi connectivity index (χ2v) is 3.74. The summed E-state index contributed by atoms with van der Waals surface area (Å²) in [5.41, 5.74) is 0. The summed E-state index contributed by atoms with van der Waals surface area (Å²) in [4.78, 5) is 1.45. The Morgan fingerprint density at radius 2 is 2.14 bits per heavy atom. The van der Waals surface area contributed by atoms with Crippen LogP contribution in [-0.4, -0.2) is 43.3 Å². The van der Waals surface area contributed by atoms with E-state index < -0.39 is 12.7 Å². The van der Waals surface area contributed by atoms with Gasteiger partial charge < -0.3 is 5.32 Å². The molecule has 0 aromatic carbocycles. The molecule has 1 atom stereocenters. The highest BCUT2D eigenvalue weighted by Crippen LogP contribution is 2.17. The van der Waals surface area contributed by atoms with E-state index in [1.165, 1.54) is 4.90 Å². The molecule has 0 spiro atoms. The lowest BCUT2D eigenvalue weighted by atomic mass is 10.2. The molecule has 0 radical (unpaired) electrons. The Balaban J connectivity index is 2.30. The van der Waals surface area contributed by atoms with Gasteiger partial charge >= 0.3 is 6.18 Å². The number of rotatable bonds is 4. The first-order chi connectivity index (χ1) is 6.51. The maximum Gasteiger partial charge on any atom is 0.401 e. The molecule has 1 fully saturated rings. The Labute approximate surface area is 82.5 Å². The van der Waals surface area contributed by atoms with Crippen molar-refractivity contribution in [2.75, 3.05) is 26.2 Å². The van der Waals surface area contributed by atoms with Crippen LogP contribution in [0.15, 0.2) is 0 Å². The average Bonchev–Trinajstić information content (AvgIpc) is 2.53. The van der Waals surface area contributed by atoms with Crippen molar-refractivity contribution >= 4 is 0 Å². The normalized spacial score (nSPS) is 23.4. The lowest BCUT2D eigenvalue weighted by molar-refractivity contribution is -0.146. The van der Waals surface area contributed by atoms with Crippen LogP contribution in [0, 0.1) is 0 Å². The largest absolute Gasteiger partial charge is 0.401 e. The van der Waals surface area contributed by atoms with Crippen LogP contribution in [0.3, 0.4) is 0 Å². The Morgan fingerprint density at radius 3 is 2.57 bits per heavy atom. The van der Waals surface area contributed by atoms with Crippen LogP contribution in [0.5, 0.6) is 0 Å². The number of alkyl halides is 3. The summed E-state index contributed by atoms with van der Waals surface area (Å²) in [5, 5.41) is 3.20. The smallest absolute Gasteiger partial charge is 0.313 e. The van der Waals surface area contributed by atoms with Crippen molar-refractivity contribution in [3.63, 3.8) is 0 Å². The zero-order valence-electron chi connectivity index (χ0n) is 8.40. The summed E-state index contributed by atoms with van der Waals surface area (Å²) in [6, 6.07) is 0.247. The topological polar surface area (TPSA) is 15.3 Å². The molecule has 0 aliphatic carbocycles. The zero-order chi connectivity index (χ0) is 10.6. The molecule has 1 unspecified atom stereocenters. The molecule has 2 nitrogen and oxygen atoms in total. The minimum absolute atomic E-state index is 0.247. The van der Waals surface area contributed by atoms with E-state index >= 15 is 0 Å². The van der Waals surface area contributed by atoms with E-state index in [2.05, 4.69) is 5.32 Å². The number of halogens is 3. The lowest BCUT2D eigenvalue weighted by Crippen LogP contribution is -2.42. The molecular formula is C9H17F3N2. The number of nitrogens with zero attached hydrogens (tertiary/aromatic N) is 1. The Morgan fingerprint density at radius 1 is 1.43 bits per heavy atom. The fourth-order valence-corrected chi connectivity index (χ4v) is 1.78. The van der Waals surface area contributed by atoms with Crippen LogP contribution >= 0.6 is 0 Å². The van der Waals surface area contributed by atoms with E-state index in [0.717, 1.165) is 19.4 Å². The number of hydrogen-bond donors (Lipinski definition) is 1. The second kappa shape index (κ2) is 4.98. The lowest BCUT2D eigenvalue weighted by Gasteiger charge is -2.25. The molecular weight excluding hydrogens is 193 g/mol. The molecule has 1 rings (SSSR count). The third-order valence-electron chi connectivity index (χ3n) is 2.49. The first kappa shape index (κ1) is 11.8. The summed E-state index contributed by atoms with van der Waals surface area (Å²) in [6.45, 7) is 2.88.